The van der Waals surface area contributed by atoms with Crippen molar-refractivity contribution in [3.05, 3.63) is 0 Å². The van der Waals surface area contributed by atoms with Crippen LogP contribution < -0.4 is 10.6 Å². The summed E-state index contributed by atoms with van der Waals surface area (Å²) in [6, 6.07) is -0.108. The standard InChI is InChI=1S/C14H28N2O2/c1-11(10-17)12(2)16-14(18)15-9-8-13-6-4-3-5-7-13/h11-13,17H,3-10H2,1-2H3,(H2,15,16,18). The van der Waals surface area contributed by atoms with Crippen LogP contribution in [0.15, 0.2) is 0 Å². The van der Waals surface area contributed by atoms with Crippen molar-refractivity contribution >= 4 is 6.03 Å². The average Bonchev–Trinajstić information content (AvgIpc) is 2.38. The number of aliphatic hydroxyl groups excluding tert-OH is 1. The Labute approximate surface area is 111 Å². The Kier molecular flexibility index (Phi) is 7.09. The molecule has 0 aromatic heterocycles. The summed E-state index contributed by atoms with van der Waals surface area (Å²) < 4.78 is 0. The first-order chi connectivity index (χ1) is 8.63. The molecule has 0 aromatic carbocycles. The molecule has 0 radical (unpaired) electrons. The van der Waals surface area contributed by atoms with Gasteiger partial charge in [0, 0.05) is 19.2 Å². The van der Waals surface area contributed by atoms with E-state index in [2.05, 4.69) is 10.6 Å². The molecule has 2 unspecified atom stereocenters. The largest absolute Gasteiger partial charge is 0.396 e. The molecule has 3 N–H and O–H groups in total. The minimum Gasteiger partial charge on any atom is -0.396 e. The van der Waals surface area contributed by atoms with E-state index in [0.29, 0.717) is 0 Å². The van der Waals surface area contributed by atoms with Crippen LogP contribution in [0, 0.1) is 11.8 Å². The number of urea groups is 1. The van der Waals surface area contributed by atoms with E-state index in [4.69, 9.17) is 5.11 Å². The highest BCUT2D eigenvalue weighted by Gasteiger charge is 2.15. The van der Waals surface area contributed by atoms with Gasteiger partial charge in [0.15, 0.2) is 0 Å². The van der Waals surface area contributed by atoms with Crippen LogP contribution in [0.1, 0.15) is 52.4 Å². The lowest BCUT2D eigenvalue weighted by Gasteiger charge is -2.22. The smallest absolute Gasteiger partial charge is 0.315 e. The van der Waals surface area contributed by atoms with Gasteiger partial charge in [0.2, 0.25) is 0 Å². The van der Waals surface area contributed by atoms with Crippen LogP contribution >= 0.6 is 0 Å². The van der Waals surface area contributed by atoms with E-state index in [1.807, 2.05) is 13.8 Å². The van der Waals surface area contributed by atoms with Gasteiger partial charge in [-0.3, -0.25) is 0 Å². The zero-order valence-electron chi connectivity index (χ0n) is 11.7. The van der Waals surface area contributed by atoms with Crippen molar-refractivity contribution in [1.82, 2.24) is 10.6 Å². The Bertz CT molecular complexity index is 240. The van der Waals surface area contributed by atoms with Gasteiger partial charge in [0.05, 0.1) is 0 Å². The summed E-state index contributed by atoms with van der Waals surface area (Å²) in [6.07, 6.45) is 7.81. The zero-order chi connectivity index (χ0) is 13.4. The van der Waals surface area contributed by atoms with Crippen LogP contribution in [-0.4, -0.2) is 30.3 Å². The monoisotopic (exact) mass is 256 g/mol. The van der Waals surface area contributed by atoms with Crippen LogP contribution in [0.5, 0.6) is 0 Å². The summed E-state index contributed by atoms with van der Waals surface area (Å²) >= 11 is 0. The van der Waals surface area contributed by atoms with Gasteiger partial charge in [0.25, 0.3) is 0 Å². The zero-order valence-corrected chi connectivity index (χ0v) is 11.7. The SMILES string of the molecule is CC(CO)C(C)NC(=O)NCCC1CCCCC1. The molecular formula is C14H28N2O2. The molecule has 0 aliphatic heterocycles. The molecule has 1 aliphatic carbocycles. The second-order valence-electron chi connectivity index (χ2n) is 5.64. The maximum absolute atomic E-state index is 11.6. The van der Waals surface area contributed by atoms with Crippen molar-refractivity contribution in [2.24, 2.45) is 11.8 Å². The number of rotatable bonds is 6. The van der Waals surface area contributed by atoms with E-state index in [1.165, 1.54) is 32.1 Å². The van der Waals surface area contributed by atoms with E-state index < -0.39 is 0 Å². The molecule has 0 heterocycles. The molecule has 4 heteroatoms. The van der Waals surface area contributed by atoms with Crippen molar-refractivity contribution in [3.63, 3.8) is 0 Å². The fourth-order valence-electron chi connectivity index (χ4n) is 2.42. The van der Waals surface area contributed by atoms with Gasteiger partial charge in [-0.05, 0) is 25.2 Å². The summed E-state index contributed by atoms with van der Waals surface area (Å²) in [4.78, 5) is 11.6. The number of carbonyl (C=O) groups is 1. The summed E-state index contributed by atoms with van der Waals surface area (Å²) in [5, 5.41) is 14.8. The second-order valence-corrected chi connectivity index (χ2v) is 5.64. The molecule has 4 nitrogen and oxygen atoms in total. The van der Waals surface area contributed by atoms with E-state index in [-0.39, 0.29) is 24.6 Å². The maximum Gasteiger partial charge on any atom is 0.315 e. The third-order valence-electron chi connectivity index (χ3n) is 4.06. The van der Waals surface area contributed by atoms with Gasteiger partial charge >= 0.3 is 6.03 Å². The first-order valence-electron chi connectivity index (χ1n) is 7.28. The molecule has 106 valence electrons. The lowest BCUT2D eigenvalue weighted by Crippen LogP contribution is -2.44. The quantitative estimate of drug-likeness (QED) is 0.682. The number of hydrogen-bond donors (Lipinski definition) is 3. The first kappa shape index (κ1) is 15.3. The van der Waals surface area contributed by atoms with Crippen LogP contribution in [0.25, 0.3) is 0 Å². The number of aliphatic hydroxyl groups is 1. The molecule has 2 amide bonds. The number of carbonyl (C=O) groups excluding carboxylic acids is 1. The van der Waals surface area contributed by atoms with Gasteiger partial charge in [-0.25, -0.2) is 4.79 Å². The summed E-state index contributed by atoms with van der Waals surface area (Å²) in [5.41, 5.74) is 0. The lowest BCUT2D eigenvalue weighted by molar-refractivity contribution is 0.200. The molecule has 1 fully saturated rings. The molecule has 0 aromatic rings. The summed E-state index contributed by atoms with van der Waals surface area (Å²) in [7, 11) is 0. The van der Waals surface area contributed by atoms with Crippen molar-refractivity contribution in [1.29, 1.82) is 0 Å². The van der Waals surface area contributed by atoms with Gasteiger partial charge in [0.1, 0.15) is 0 Å². The maximum atomic E-state index is 11.6. The predicted octanol–water partition coefficient (Wildman–Crippen LogP) is 2.27. The average molecular weight is 256 g/mol. The topological polar surface area (TPSA) is 61.4 Å². The van der Waals surface area contributed by atoms with Crippen molar-refractivity contribution in [2.45, 2.75) is 58.4 Å². The fraction of sp³-hybridized carbons (Fsp3) is 0.929. The van der Waals surface area contributed by atoms with Crippen LogP contribution in [0.2, 0.25) is 0 Å². The number of hydrogen-bond acceptors (Lipinski definition) is 2. The normalized spacial score (nSPS) is 20.2. The van der Waals surface area contributed by atoms with E-state index in [0.717, 1.165) is 18.9 Å². The molecule has 0 spiro atoms. The Hall–Kier alpha value is -0.770. The van der Waals surface area contributed by atoms with Gasteiger partial charge in [-0.1, -0.05) is 39.0 Å². The summed E-state index contributed by atoms with van der Waals surface area (Å²) in [5.74, 6) is 0.891. The Balaban J connectivity index is 2.09. The number of amides is 2. The molecule has 1 saturated carbocycles. The molecule has 2 atom stereocenters. The fourth-order valence-corrected chi connectivity index (χ4v) is 2.42. The highest BCUT2D eigenvalue weighted by Crippen LogP contribution is 2.25. The van der Waals surface area contributed by atoms with Crippen LogP contribution in [0.3, 0.4) is 0 Å². The highest BCUT2D eigenvalue weighted by molar-refractivity contribution is 5.74. The Morgan fingerprint density at radius 2 is 1.94 bits per heavy atom. The first-order valence-corrected chi connectivity index (χ1v) is 7.28. The highest BCUT2D eigenvalue weighted by atomic mass is 16.3. The third-order valence-corrected chi connectivity index (χ3v) is 4.06. The Morgan fingerprint density at radius 1 is 1.28 bits per heavy atom. The molecule has 0 bridgehead atoms. The van der Waals surface area contributed by atoms with Crippen molar-refractivity contribution in [3.8, 4) is 0 Å². The van der Waals surface area contributed by atoms with Gasteiger partial charge in [-0.2, -0.15) is 0 Å². The third kappa shape index (κ3) is 5.71. The van der Waals surface area contributed by atoms with E-state index in [9.17, 15) is 4.79 Å². The number of nitrogens with one attached hydrogen (secondary N) is 2. The molecule has 1 aliphatic rings. The van der Waals surface area contributed by atoms with E-state index in [1.54, 1.807) is 0 Å². The molecule has 18 heavy (non-hydrogen) atoms. The van der Waals surface area contributed by atoms with Crippen molar-refractivity contribution in [2.75, 3.05) is 13.2 Å². The van der Waals surface area contributed by atoms with Crippen molar-refractivity contribution < 1.29 is 9.90 Å². The predicted molar refractivity (Wildman–Crippen MR) is 73.4 cm³/mol. The van der Waals surface area contributed by atoms with E-state index >= 15 is 0 Å². The second kappa shape index (κ2) is 8.35. The molecule has 0 saturated heterocycles. The van der Waals surface area contributed by atoms with Crippen LogP contribution in [0.4, 0.5) is 4.79 Å². The molecule has 1 rings (SSSR count). The molecular weight excluding hydrogens is 228 g/mol. The summed E-state index contributed by atoms with van der Waals surface area (Å²) in [6.45, 7) is 4.70. The minimum absolute atomic E-state index is 0.00433. The minimum atomic E-state index is -0.112. The van der Waals surface area contributed by atoms with Gasteiger partial charge in [-0.15, -0.1) is 0 Å². The van der Waals surface area contributed by atoms with Gasteiger partial charge < -0.3 is 15.7 Å². The lowest BCUT2D eigenvalue weighted by atomic mass is 9.87. The Morgan fingerprint density at radius 3 is 2.56 bits per heavy atom. The van der Waals surface area contributed by atoms with Crippen LogP contribution in [-0.2, 0) is 0 Å².